The summed E-state index contributed by atoms with van der Waals surface area (Å²) in [6.45, 7) is 3.56. The van der Waals surface area contributed by atoms with Crippen molar-refractivity contribution in [1.29, 1.82) is 0 Å². The van der Waals surface area contributed by atoms with Crippen LogP contribution in [0.3, 0.4) is 0 Å². The molecule has 2 aliphatic heterocycles. The van der Waals surface area contributed by atoms with Crippen molar-refractivity contribution in [3.63, 3.8) is 0 Å². The summed E-state index contributed by atoms with van der Waals surface area (Å²) in [6, 6.07) is 3.96. The van der Waals surface area contributed by atoms with E-state index >= 15 is 0 Å². The second-order valence-electron chi connectivity index (χ2n) is 5.40. The average molecular weight is 333 g/mol. The molecular formula is C14H22Cl2N4O. The van der Waals surface area contributed by atoms with E-state index in [1.807, 2.05) is 17.0 Å². The van der Waals surface area contributed by atoms with E-state index in [1.165, 1.54) is 12.8 Å². The maximum absolute atomic E-state index is 12.2. The molecule has 1 aromatic rings. The molecule has 1 atom stereocenters. The van der Waals surface area contributed by atoms with Gasteiger partial charge in [-0.15, -0.1) is 24.8 Å². The Bertz CT molecular complexity index is 463. The Morgan fingerprint density at radius 3 is 2.43 bits per heavy atom. The van der Waals surface area contributed by atoms with Crippen LogP contribution < -0.4 is 10.6 Å². The summed E-state index contributed by atoms with van der Waals surface area (Å²) in [5.74, 6) is 1.03. The van der Waals surface area contributed by atoms with Crippen LogP contribution in [0, 0.1) is 0 Å². The number of anilines is 1. The summed E-state index contributed by atoms with van der Waals surface area (Å²) in [6.07, 6.45) is 5.05. The number of carbonyl (C=O) groups is 1. The number of amides is 1. The van der Waals surface area contributed by atoms with Gasteiger partial charge in [-0.25, -0.2) is 4.98 Å². The Hall–Kier alpha value is -1.04. The fourth-order valence-electron chi connectivity index (χ4n) is 2.80. The first-order valence-electron chi connectivity index (χ1n) is 7.00. The standard InChI is InChI=1S/C14H20N4O.2ClH/c15-12-5-8-18(10-12)14(19)11-3-4-13(16-9-11)17-6-1-2-7-17;;/h3-4,9,12H,1-2,5-8,10,15H2;2*1H/t12-;;/m1../s1. The summed E-state index contributed by atoms with van der Waals surface area (Å²) in [5.41, 5.74) is 6.50. The van der Waals surface area contributed by atoms with Crippen molar-refractivity contribution in [2.75, 3.05) is 31.1 Å². The Morgan fingerprint density at radius 1 is 1.19 bits per heavy atom. The normalized spacial score (nSPS) is 20.9. The fourth-order valence-corrected chi connectivity index (χ4v) is 2.80. The summed E-state index contributed by atoms with van der Waals surface area (Å²) >= 11 is 0. The highest BCUT2D eigenvalue weighted by Crippen LogP contribution is 2.19. The molecule has 2 saturated heterocycles. The number of likely N-dealkylation sites (tertiary alicyclic amines) is 1. The molecule has 21 heavy (non-hydrogen) atoms. The number of rotatable bonds is 2. The van der Waals surface area contributed by atoms with E-state index in [9.17, 15) is 4.79 Å². The molecule has 0 unspecified atom stereocenters. The van der Waals surface area contributed by atoms with Gasteiger partial charge < -0.3 is 15.5 Å². The Labute approximate surface area is 137 Å². The zero-order valence-electron chi connectivity index (χ0n) is 11.9. The van der Waals surface area contributed by atoms with Gasteiger partial charge in [0.25, 0.3) is 5.91 Å². The molecule has 3 heterocycles. The summed E-state index contributed by atoms with van der Waals surface area (Å²) < 4.78 is 0. The highest BCUT2D eigenvalue weighted by molar-refractivity contribution is 5.94. The van der Waals surface area contributed by atoms with Crippen LogP contribution in [0.15, 0.2) is 18.3 Å². The van der Waals surface area contributed by atoms with Crippen molar-refractivity contribution in [3.8, 4) is 0 Å². The number of hydrogen-bond donors (Lipinski definition) is 1. The van der Waals surface area contributed by atoms with Gasteiger partial charge in [-0.3, -0.25) is 4.79 Å². The van der Waals surface area contributed by atoms with Crippen molar-refractivity contribution in [2.24, 2.45) is 5.73 Å². The molecule has 0 radical (unpaired) electrons. The van der Waals surface area contributed by atoms with Crippen molar-refractivity contribution >= 4 is 36.5 Å². The van der Waals surface area contributed by atoms with Gasteiger partial charge in [0.05, 0.1) is 5.56 Å². The lowest BCUT2D eigenvalue weighted by atomic mass is 10.2. The summed E-state index contributed by atoms with van der Waals surface area (Å²) in [4.78, 5) is 20.7. The predicted molar refractivity (Wildman–Crippen MR) is 88.7 cm³/mol. The minimum atomic E-state index is 0. The molecule has 3 rings (SSSR count). The summed E-state index contributed by atoms with van der Waals surface area (Å²) in [5, 5.41) is 0. The lowest BCUT2D eigenvalue weighted by Gasteiger charge is -2.18. The quantitative estimate of drug-likeness (QED) is 0.895. The van der Waals surface area contributed by atoms with Gasteiger partial charge in [-0.2, -0.15) is 0 Å². The Balaban J connectivity index is 0.00000110. The van der Waals surface area contributed by atoms with Crippen LogP contribution in [0.1, 0.15) is 29.6 Å². The molecule has 2 aliphatic rings. The maximum Gasteiger partial charge on any atom is 0.255 e. The molecule has 0 aliphatic carbocycles. The molecule has 1 aromatic heterocycles. The van der Waals surface area contributed by atoms with Gasteiger partial charge in [-0.1, -0.05) is 0 Å². The van der Waals surface area contributed by atoms with E-state index in [0.717, 1.165) is 31.9 Å². The second kappa shape index (κ2) is 7.82. The number of halogens is 2. The van der Waals surface area contributed by atoms with Crippen LogP contribution in [0.2, 0.25) is 0 Å². The first kappa shape index (κ1) is 18.0. The van der Waals surface area contributed by atoms with E-state index in [2.05, 4.69) is 9.88 Å². The molecule has 0 aromatic carbocycles. The number of hydrogen-bond acceptors (Lipinski definition) is 4. The van der Waals surface area contributed by atoms with E-state index < -0.39 is 0 Å². The van der Waals surface area contributed by atoms with Crippen molar-refractivity contribution in [1.82, 2.24) is 9.88 Å². The van der Waals surface area contributed by atoms with Crippen LogP contribution in [-0.4, -0.2) is 48.0 Å². The maximum atomic E-state index is 12.2. The highest BCUT2D eigenvalue weighted by Gasteiger charge is 2.24. The average Bonchev–Trinajstić information content (AvgIpc) is 3.09. The number of pyridine rings is 1. The first-order valence-corrected chi connectivity index (χ1v) is 7.00. The third-order valence-corrected chi connectivity index (χ3v) is 3.94. The number of nitrogens with two attached hydrogens (primary N) is 1. The second-order valence-corrected chi connectivity index (χ2v) is 5.40. The van der Waals surface area contributed by atoms with Crippen LogP contribution in [0.4, 0.5) is 5.82 Å². The zero-order chi connectivity index (χ0) is 13.2. The van der Waals surface area contributed by atoms with Gasteiger partial charge in [0.1, 0.15) is 5.82 Å². The number of nitrogens with zero attached hydrogens (tertiary/aromatic N) is 3. The van der Waals surface area contributed by atoms with E-state index in [4.69, 9.17) is 5.73 Å². The van der Waals surface area contributed by atoms with Gasteiger partial charge >= 0.3 is 0 Å². The monoisotopic (exact) mass is 332 g/mol. The molecular weight excluding hydrogens is 311 g/mol. The molecule has 2 fully saturated rings. The molecule has 0 spiro atoms. The van der Waals surface area contributed by atoms with E-state index in [1.54, 1.807) is 6.20 Å². The van der Waals surface area contributed by atoms with Crippen LogP contribution >= 0.6 is 24.8 Å². The van der Waals surface area contributed by atoms with Crippen LogP contribution in [0.5, 0.6) is 0 Å². The van der Waals surface area contributed by atoms with Crippen molar-refractivity contribution < 1.29 is 4.79 Å². The Morgan fingerprint density at radius 2 is 1.90 bits per heavy atom. The van der Waals surface area contributed by atoms with Gasteiger partial charge in [0, 0.05) is 38.4 Å². The molecule has 5 nitrogen and oxygen atoms in total. The molecule has 118 valence electrons. The molecule has 1 amide bonds. The molecule has 2 N–H and O–H groups in total. The van der Waals surface area contributed by atoms with Crippen molar-refractivity contribution in [3.05, 3.63) is 23.9 Å². The number of carbonyl (C=O) groups excluding carboxylic acids is 1. The molecule has 7 heteroatoms. The van der Waals surface area contributed by atoms with E-state index in [-0.39, 0.29) is 36.8 Å². The van der Waals surface area contributed by atoms with Crippen LogP contribution in [0.25, 0.3) is 0 Å². The molecule has 0 bridgehead atoms. The van der Waals surface area contributed by atoms with Gasteiger partial charge in [-0.05, 0) is 31.4 Å². The topological polar surface area (TPSA) is 62.5 Å². The SMILES string of the molecule is Cl.Cl.N[C@@H]1CCN(C(=O)c2ccc(N3CCCC3)nc2)C1. The van der Waals surface area contributed by atoms with Crippen LogP contribution in [-0.2, 0) is 0 Å². The Kier molecular flexibility index (Phi) is 6.71. The molecule has 0 saturated carbocycles. The van der Waals surface area contributed by atoms with Gasteiger partial charge in [0.15, 0.2) is 0 Å². The minimum absolute atomic E-state index is 0. The number of aromatic nitrogens is 1. The van der Waals surface area contributed by atoms with E-state index in [0.29, 0.717) is 12.1 Å². The smallest absolute Gasteiger partial charge is 0.255 e. The fraction of sp³-hybridized carbons (Fsp3) is 0.571. The summed E-state index contributed by atoms with van der Waals surface area (Å²) in [7, 11) is 0. The van der Waals surface area contributed by atoms with Gasteiger partial charge in [0.2, 0.25) is 0 Å². The third kappa shape index (κ3) is 3.99. The highest BCUT2D eigenvalue weighted by atomic mass is 35.5. The lowest BCUT2D eigenvalue weighted by molar-refractivity contribution is 0.0790. The first-order chi connectivity index (χ1) is 9.24. The lowest BCUT2D eigenvalue weighted by Crippen LogP contribution is -2.32. The minimum Gasteiger partial charge on any atom is -0.357 e. The largest absolute Gasteiger partial charge is 0.357 e. The third-order valence-electron chi connectivity index (χ3n) is 3.94. The predicted octanol–water partition coefficient (Wildman–Crippen LogP) is 1.70. The van der Waals surface area contributed by atoms with Crippen molar-refractivity contribution in [2.45, 2.75) is 25.3 Å². The zero-order valence-corrected chi connectivity index (χ0v) is 13.5.